The number of para-hydroxylation sites is 1. The molecular weight excluding hydrogens is 254 g/mol. The van der Waals surface area contributed by atoms with Gasteiger partial charge in [-0.3, -0.25) is 0 Å². The van der Waals surface area contributed by atoms with Gasteiger partial charge in [-0.15, -0.1) is 0 Å². The number of phenols is 1. The van der Waals surface area contributed by atoms with Gasteiger partial charge in [0, 0.05) is 18.7 Å². The van der Waals surface area contributed by atoms with E-state index < -0.39 is 0 Å². The van der Waals surface area contributed by atoms with E-state index in [0.717, 1.165) is 12.1 Å². The van der Waals surface area contributed by atoms with Crippen LogP contribution in [0, 0.1) is 6.92 Å². The van der Waals surface area contributed by atoms with Gasteiger partial charge in [0.25, 0.3) is 0 Å². The number of rotatable bonds is 4. The molecule has 0 radical (unpaired) electrons. The predicted molar refractivity (Wildman–Crippen MR) is 72.7 cm³/mol. The van der Waals surface area contributed by atoms with Crippen LogP contribution in [0.2, 0.25) is 5.02 Å². The number of benzene rings is 1. The molecule has 2 N–H and O–H groups in total. The van der Waals surface area contributed by atoms with Crippen LogP contribution >= 0.6 is 22.9 Å². The van der Waals surface area contributed by atoms with Crippen molar-refractivity contribution in [2.24, 2.45) is 0 Å². The topological polar surface area (TPSA) is 32.3 Å². The van der Waals surface area contributed by atoms with Crippen molar-refractivity contribution < 1.29 is 5.11 Å². The lowest BCUT2D eigenvalue weighted by Gasteiger charge is -2.07. The zero-order valence-electron chi connectivity index (χ0n) is 9.53. The molecule has 0 bridgehead atoms. The predicted octanol–water partition coefficient (Wildman–Crippen LogP) is 3.71. The first kappa shape index (κ1) is 12.4. The Morgan fingerprint density at radius 3 is 2.71 bits per heavy atom. The average molecular weight is 268 g/mol. The Kier molecular flexibility index (Phi) is 4.05. The maximum absolute atomic E-state index is 9.74. The molecule has 0 unspecified atom stereocenters. The zero-order chi connectivity index (χ0) is 12.3. The Bertz CT molecular complexity index is 510. The number of hydrogen-bond donors (Lipinski definition) is 2. The van der Waals surface area contributed by atoms with Gasteiger partial charge >= 0.3 is 0 Å². The van der Waals surface area contributed by atoms with Crippen molar-refractivity contribution in [3.63, 3.8) is 0 Å². The van der Waals surface area contributed by atoms with E-state index in [1.54, 1.807) is 17.4 Å². The van der Waals surface area contributed by atoms with Gasteiger partial charge < -0.3 is 10.4 Å². The molecule has 0 amide bonds. The van der Waals surface area contributed by atoms with E-state index in [-0.39, 0.29) is 5.75 Å². The molecule has 0 spiro atoms. The molecule has 0 aliphatic carbocycles. The van der Waals surface area contributed by atoms with Crippen molar-refractivity contribution in [2.75, 3.05) is 0 Å². The van der Waals surface area contributed by atoms with Crippen LogP contribution in [0.4, 0.5) is 0 Å². The molecule has 2 nitrogen and oxygen atoms in total. The first-order valence-electron chi connectivity index (χ1n) is 5.37. The molecule has 0 saturated carbocycles. The Labute approximate surface area is 110 Å². The van der Waals surface area contributed by atoms with Crippen LogP contribution in [0.25, 0.3) is 0 Å². The standard InChI is InChI=1S/C13H14ClNOS/c1-9-7-17-8-11(9)6-15-5-10-3-2-4-12(14)13(10)16/h2-4,7-8,15-16H,5-6H2,1H3. The van der Waals surface area contributed by atoms with Gasteiger partial charge in [-0.25, -0.2) is 0 Å². The highest BCUT2D eigenvalue weighted by Crippen LogP contribution is 2.26. The summed E-state index contributed by atoms with van der Waals surface area (Å²) in [6.07, 6.45) is 0. The van der Waals surface area contributed by atoms with Gasteiger partial charge in [0.2, 0.25) is 0 Å². The zero-order valence-corrected chi connectivity index (χ0v) is 11.1. The monoisotopic (exact) mass is 267 g/mol. The fourth-order valence-electron chi connectivity index (χ4n) is 1.60. The minimum atomic E-state index is 0.170. The SMILES string of the molecule is Cc1cscc1CNCc1cccc(Cl)c1O. The lowest BCUT2D eigenvalue weighted by molar-refractivity contribution is 0.464. The summed E-state index contributed by atoms with van der Waals surface area (Å²) in [5, 5.41) is 17.7. The molecule has 0 aliphatic heterocycles. The van der Waals surface area contributed by atoms with E-state index in [0.29, 0.717) is 11.6 Å². The van der Waals surface area contributed by atoms with Gasteiger partial charge in [0.1, 0.15) is 5.75 Å². The Hall–Kier alpha value is -1.03. The van der Waals surface area contributed by atoms with Crippen molar-refractivity contribution >= 4 is 22.9 Å². The number of halogens is 1. The van der Waals surface area contributed by atoms with Gasteiger partial charge in [-0.05, 0) is 34.9 Å². The van der Waals surface area contributed by atoms with Crippen molar-refractivity contribution in [3.05, 3.63) is 50.7 Å². The van der Waals surface area contributed by atoms with Crippen LogP contribution in [0.3, 0.4) is 0 Å². The number of aryl methyl sites for hydroxylation is 1. The van der Waals surface area contributed by atoms with Gasteiger partial charge in [-0.1, -0.05) is 23.7 Å². The third kappa shape index (κ3) is 3.00. The lowest BCUT2D eigenvalue weighted by atomic mass is 10.2. The summed E-state index contributed by atoms with van der Waals surface area (Å²) in [7, 11) is 0. The normalized spacial score (nSPS) is 10.7. The molecule has 1 heterocycles. The summed E-state index contributed by atoms with van der Waals surface area (Å²) >= 11 is 7.55. The quantitative estimate of drug-likeness (QED) is 0.885. The Balaban J connectivity index is 1.95. The van der Waals surface area contributed by atoms with Crippen LogP contribution in [0.15, 0.2) is 29.0 Å². The maximum atomic E-state index is 9.74. The highest BCUT2D eigenvalue weighted by Gasteiger charge is 2.05. The fraction of sp³-hybridized carbons (Fsp3) is 0.231. The van der Waals surface area contributed by atoms with E-state index in [4.69, 9.17) is 11.6 Å². The van der Waals surface area contributed by atoms with E-state index in [9.17, 15) is 5.11 Å². The minimum absolute atomic E-state index is 0.170. The third-order valence-electron chi connectivity index (χ3n) is 2.66. The molecule has 0 fully saturated rings. The summed E-state index contributed by atoms with van der Waals surface area (Å²) in [6, 6.07) is 5.40. The maximum Gasteiger partial charge on any atom is 0.138 e. The first-order chi connectivity index (χ1) is 8.18. The van der Waals surface area contributed by atoms with Crippen LogP contribution < -0.4 is 5.32 Å². The average Bonchev–Trinajstić information content (AvgIpc) is 2.71. The third-order valence-corrected chi connectivity index (χ3v) is 3.88. The molecule has 2 rings (SSSR count). The van der Waals surface area contributed by atoms with Crippen molar-refractivity contribution in [2.45, 2.75) is 20.0 Å². The van der Waals surface area contributed by atoms with E-state index in [1.807, 2.05) is 12.1 Å². The number of nitrogens with one attached hydrogen (secondary N) is 1. The second-order valence-electron chi connectivity index (χ2n) is 3.93. The molecule has 2 aromatic rings. The van der Waals surface area contributed by atoms with E-state index in [1.165, 1.54) is 11.1 Å². The minimum Gasteiger partial charge on any atom is -0.506 e. The van der Waals surface area contributed by atoms with Crippen LogP contribution in [0.5, 0.6) is 5.75 Å². The molecule has 4 heteroatoms. The van der Waals surface area contributed by atoms with E-state index >= 15 is 0 Å². The summed E-state index contributed by atoms with van der Waals surface area (Å²) in [5.41, 5.74) is 3.43. The van der Waals surface area contributed by atoms with Crippen LogP contribution in [-0.4, -0.2) is 5.11 Å². The summed E-state index contributed by atoms with van der Waals surface area (Å²) in [4.78, 5) is 0. The number of hydrogen-bond acceptors (Lipinski definition) is 3. The molecule has 1 aromatic carbocycles. The van der Waals surface area contributed by atoms with Crippen molar-refractivity contribution in [3.8, 4) is 5.75 Å². The molecule has 1 aromatic heterocycles. The van der Waals surface area contributed by atoms with Gasteiger partial charge in [0.15, 0.2) is 0 Å². The van der Waals surface area contributed by atoms with Crippen molar-refractivity contribution in [1.29, 1.82) is 0 Å². The Morgan fingerprint density at radius 1 is 1.24 bits per heavy atom. The second-order valence-corrected chi connectivity index (χ2v) is 5.08. The lowest BCUT2D eigenvalue weighted by Crippen LogP contribution is -2.12. The van der Waals surface area contributed by atoms with E-state index in [2.05, 4.69) is 23.0 Å². The molecule has 0 atom stereocenters. The summed E-state index contributed by atoms with van der Waals surface area (Å²) < 4.78 is 0. The van der Waals surface area contributed by atoms with Gasteiger partial charge in [-0.2, -0.15) is 11.3 Å². The molecule has 90 valence electrons. The number of aromatic hydroxyl groups is 1. The molecule has 0 saturated heterocycles. The molecule has 17 heavy (non-hydrogen) atoms. The first-order valence-corrected chi connectivity index (χ1v) is 6.69. The summed E-state index contributed by atoms with van der Waals surface area (Å²) in [5.74, 6) is 0.170. The van der Waals surface area contributed by atoms with Crippen LogP contribution in [-0.2, 0) is 13.1 Å². The van der Waals surface area contributed by atoms with Gasteiger partial charge in [0.05, 0.1) is 5.02 Å². The number of thiophene rings is 1. The van der Waals surface area contributed by atoms with Crippen LogP contribution in [0.1, 0.15) is 16.7 Å². The second kappa shape index (κ2) is 5.54. The Morgan fingerprint density at radius 2 is 2.00 bits per heavy atom. The summed E-state index contributed by atoms with van der Waals surface area (Å²) in [6.45, 7) is 3.52. The smallest absolute Gasteiger partial charge is 0.138 e. The van der Waals surface area contributed by atoms with Crippen molar-refractivity contribution in [1.82, 2.24) is 5.32 Å². The molecular formula is C13H14ClNOS. The molecule has 0 aliphatic rings. The highest BCUT2D eigenvalue weighted by atomic mass is 35.5. The highest BCUT2D eigenvalue weighted by molar-refractivity contribution is 7.08. The largest absolute Gasteiger partial charge is 0.506 e. The number of phenolic OH excluding ortho intramolecular Hbond substituents is 1. The fourth-order valence-corrected chi connectivity index (χ4v) is 2.65.